The summed E-state index contributed by atoms with van der Waals surface area (Å²) in [6, 6.07) is 5.61. The Kier molecular flexibility index (Phi) is 3.72. The predicted octanol–water partition coefficient (Wildman–Crippen LogP) is 2.27. The Morgan fingerprint density at radius 2 is 2.05 bits per heavy atom. The van der Waals surface area contributed by atoms with Crippen molar-refractivity contribution in [3.8, 4) is 0 Å². The molecule has 0 amide bonds. The van der Waals surface area contributed by atoms with Gasteiger partial charge in [0.2, 0.25) is 0 Å². The number of hydrogen-bond acceptors (Lipinski definition) is 5. The molecule has 0 saturated carbocycles. The molecule has 1 atom stereocenters. The Bertz CT molecular complexity index is 654. The molecule has 2 aliphatic rings. The van der Waals surface area contributed by atoms with Crippen LogP contribution in [0.25, 0.3) is 11.1 Å². The van der Waals surface area contributed by atoms with Gasteiger partial charge in [0.15, 0.2) is 5.58 Å². The Morgan fingerprint density at radius 1 is 1.18 bits per heavy atom. The number of oxazole rings is 1. The van der Waals surface area contributed by atoms with E-state index in [2.05, 4.69) is 14.8 Å². The highest BCUT2D eigenvalue weighted by molar-refractivity contribution is 5.74. The first kappa shape index (κ1) is 14.0. The molecule has 0 N–H and O–H groups in total. The maximum Gasteiger partial charge on any atom is 0.298 e. The second-order valence-electron chi connectivity index (χ2n) is 6.00. The van der Waals surface area contributed by atoms with E-state index in [0.29, 0.717) is 23.2 Å². The molecular formula is C16H20FN3O2. The maximum atomic E-state index is 13.3. The zero-order valence-electron chi connectivity index (χ0n) is 12.5. The first-order valence-electron chi connectivity index (χ1n) is 7.92. The molecule has 2 saturated heterocycles. The molecule has 22 heavy (non-hydrogen) atoms. The normalized spacial score (nSPS) is 24.0. The van der Waals surface area contributed by atoms with Gasteiger partial charge in [-0.15, -0.1) is 0 Å². The SMILES string of the molecule is Fc1ccc2nc(N3CCCC(N4CCOCC4)C3)oc2c1. The lowest BCUT2D eigenvalue weighted by molar-refractivity contribution is 0.0135. The smallest absolute Gasteiger partial charge is 0.298 e. The lowest BCUT2D eigenvalue weighted by Gasteiger charge is -2.40. The summed E-state index contributed by atoms with van der Waals surface area (Å²) in [4.78, 5) is 9.19. The third-order valence-corrected chi connectivity index (χ3v) is 4.57. The summed E-state index contributed by atoms with van der Waals surface area (Å²) in [5.41, 5.74) is 1.23. The van der Waals surface area contributed by atoms with Crippen molar-refractivity contribution in [2.45, 2.75) is 18.9 Å². The Labute approximate surface area is 128 Å². The van der Waals surface area contributed by atoms with Crippen molar-refractivity contribution in [1.29, 1.82) is 0 Å². The third kappa shape index (κ3) is 2.68. The molecule has 2 aromatic rings. The van der Waals surface area contributed by atoms with E-state index in [1.165, 1.54) is 18.6 Å². The average molecular weight is 305 g/mol. The number of piperidine rings is 1. The lowest BCUT2D eigenvalue weighted by atomic mass is 10.0. The number of aromatic nitrogens is 1. The molecule has 0 radical (unpaired) electrons. The standard InChI is InChI=1S/C16H20FN3O2/c17-12-3-4-14-15(10-12)22-16(18-14)20-5-1-2-13(11-20)19-6-8-21-9-7-19/h3-4,10,13H,1-2,5-9,11H2. The number of benzene rings is 1. The molecule has 1 aromatic carbocycles. The molecule has 0 aliphatic carbocycles. The van der Waals surface area contributed by atoms with Crippen molar-refractivity contribution in [3.63, 3.8) is 0 Å². The van der Waals surface area contributed by atoms with Crippen LogP contribution in [0.15, 0.2) is 22.6 Å². The van der Waals surface area contributed by atoms with Gasteiger partial charge < -0.3 is 14.1 Å². The number of rotatable bonds is 2. The molecular weight excluding hydrogens is 285 g/mol. The summed E-state index contributed by atoms with van der Waals surface area (Å²) in [7, 11) is 0. The Morgan fingerprint density at radius 3 is 2.91 bits per heavy atom. The van der Waals surface area contributed by atoms with Crippen LogP contribution in [0.3, 0.4) is 0 Å². The summed E-state index contributed by atoms with van der Waals surface area (Å²) < 4.78 is 24.5. The van der Waals surface area contributed by atoms with Crippen molar-refractivity contribution >= 4 is 17.1 Å². The van der Waals surface area contributed by atoms with E-state index in [1.54, 1.807) is 6.07 Å². The van der Waals surface area contributed by atoms with E-state index in [1.807, 2.05) is 0 Å². The quantitative estimate of drug-likeness (QED) is 0.851. The molecule has 5 nitrogen and oxygen atoms in total. The number of anilines is 1. The lowest BCUT2D eigenvalue weighted by Crippen LogP contribution is -2.51. The molecule has 0 bridgehead atoms. The van der Waals surface area contributed by atoms with Crippen LogP contribution in [0, 0.1) is 5.82 Å². The van der Waals surface area contributed by atoms with E-state index in [9.17, 15) is 4.39 Å². The summed E-state index contributed by atoms with van der Waals surface area (Å²) in [5, 5.41) is 0. The number of hydrogen-bond donors (Lipinski definition) is 0. The monoisotopic (exact) mass is 305 g/mol. The van der Waals surface area contributed by atoms with E-state index < -0.39 is 0 Å². The molecule has 0 spiro atoms. The first-order chi connectivity index (χ1) is 10.8. The van der Waals surface area contributed by atoms with Crippen molar-refractivity contribution in [1.82, 2.24) is 9.88 Å². The van der Waals surface area contributed by atoms with Crippen LogP contribution in [0.2, 0.25) is 0 Å². The molecule has 2 fully saturated rings. The van der Waals surface area contributed by atoms with Crippen LogP contribution >= 0.6 is 0 Å². The number of halogens is 1. The molecule has 2 aliphatic heterocycles. The zero-order chi connectivity index (χ0) is 14.9. The Hall–Kier alpha value is -1.66. The van der Waals surface area contributed by atoms with E-state index in [-0.39, 0.29) is 5.82 Å². The van der Waals surface area contributed by atoms with E-state index >= 15 is 0 Å². The summed E-state index contributed by atoms with van der Waals surface area (Å²) in [6.45, 7) is 5.48. The van der Waals surface area contributed by atoms with Gasteiger partial charge in [0.05, 0.1) is 13.2 Å². The molecule has 4 rings (SSSR count). The summed E-state index contributed by atoms with van der Waals surface area (Å²) in [5.74, 6) is -0.292. The van der Waals surface area contributed by atoms with E-state index in [0.717, 1.165) is 45.8 Å². The topological polar surface area (TPSA) is 41.7 Å². The van der Waals surface area contributed by atoms with Crippen LogP contribution < -0.4 is 4.90 Å². The fourth-order valence-corrected chi connectivity index (χ4v) is 3.39. The van der Waals surface area contributed by atoms with Crippen LogP contribution in [-0.4, -0.2) is 55.3 Å². The van der Waals surface area contributed by atoms with Gasteiger partial charge in [-0.3, -0.25) is 4.90 Å². The number of nitrogens with zero attached hydrogens (tertiary/aromatic N) is 3. The van der Waals surface area contributed by atoms with Gasteiger partial charge in [-0.05, 0) is 25.0 Å². The summed E-state index contributed by atoms with van der Waals surface area (Å²) >= 11 is 0. The van der Waals surface area contributed by atoms with Crippen molar-refractivity contribution in [3.05, 3.63) is 24.0 Å². The molecule has 118 valence electrons. The highest BCUT2D eigenvalue weighted by Crippen LogP contribution is 2.26. The van der Waals surface area contributed by atoms with Crippen LogP contribution in [0.4, 0.5) is 10.4 Å². The van der Waals surface area contributed by atoms with Crippen LogP contribution in [0.5, 0.6) is 0 Å². The number of ether oxygens (including phenoxy) is 1. The average Bonchev–Trinajstić information content (AvgIpc) is 2.99. The molecule has 3 heterocycles. The van der Waals surface area contributed by atoms with Gasteiger partial charge in [0.25, 0.3) is 6.01 Å². The minimum absolute atomic E-state index is 0.292. The first-order valence-corrected chi connectivity index (χ1v) is 7.92. The number of morpholine rings is 1. The van der Waals surface area contributed by atoms with Crippen molar-refractivity contribution in [2.24, 2.45) is 0 Å². The maximum absolute atomic E-state index is 13.3. The second kappa shape index (κ2) is 5.85. The highest BCUT2D eigenvalue weighted by atomic mass is 19.1. The largest absolute Gasteiger partial charge is 0.423 e. The minimum atomic E-state index is -0.292. The predicted molar refractivity (Wildman–Crippen MR) is 81.6 cm³/mol. The second-order valence-corrected chi connectivity index (χ2v) is 6.00. The van der Waals surface area contributed by atoms with Gasteiger partial charge in [0, 0.05) is 38.3 Å². The highest BCUT2D eigenvalue weighted by Gasteiger charge is 2.28. The Balaban J connectivity index is 1.52. The summed E-state index contributed by atoms with van der Waals surface area (Å²) in [6.07, 6.45) is 2.32. The van der Waals surface area contributed by atoms with Gasteiger partial charge >= 0.3 is 0 Å². The van der Waals surface area contributed by atoms with Crippen molar-refractivity contribution in [2.75, 3.05) is 44.3 Å². The van der Waals surface area contributed by atoms with Gasteiger partial charge in [-0.1, -0.05) is 0 Å². The van der Waals surface area contributed by atoms with Crippen LogP contribution in [-0.2, 0) is 4.74 Å². The minimum Gasteiger partial charge on any atom is -0.423 e. The fourth-order valence-electron chi connectivity index (χ4n) is 3.39. The van der Waals surface area contributed by atoms with Gasteiger partial charge in [0.1, 0.15) is 11.3 Å². The zero-order valence-corrected chi connectivity index (χ0v) is 12.5. The van der Waals surface area contributed by atoms with Crippen molar-refractivity contribution < 1.29 is 13.5 Å². The van der Waals surface area contributed by atoms with Gasteiger partial charge in [-0.25, -0.2) is 4.39 Å². The van der Waals surface area contributed by atoms with E-state index in [4.69, 9.17) is 9.15 Å². The third-order valence-electron chi connectivity index (χ3n) is 4.57. The molecule has 6 heteroatoms. The fraction of sp³-hybridized carbons (Fsp3) is 0.562. The van der Waals surface area contributed by atoms with Crippen LogP contribution in [0.1, 0.15) is 12.8 Å². The van der Waals surface area contributed by atoms with Gasteiger partial charge in [-0.2, -0.15) is 4.98 Å². The molecule has 1 unspecified atom stereocenters. The number of fused-ring (bicyclic) bond motifs is 1. The molecule has 1 aromatic heterocycles.